The number of hydrogen-bond acceptors (Lipinski definition) is 6. The van der Waals surface area contributed by atoms with Gasteiger partial charge >= 0.3 is 5.97 Å². The smallest absolute Gasteiger partial charge is 0.336 e. The van der Waals surface area contributed by atoms with E-state index in [4.69, 9.17) is 16.3 Å². The maximum atomic E-state index is 13.4. The highest BCUT2D eigenvalue weighted by Crippen LogP contribution is 2.27. The van der Waals surface area contributed by atoms with Crippen LogP contribution in [0.5, 0.6) is 5.75 Å². The molecule has 1 amide bonds. The van der Waals surface area contributed by atoms with Gasteiger partial charge in [-0.25, -0.2) is 18.6 Å². The molecule has 0 spiro atoms. The van der Waals surface area contributed by atoms with Gasteiger partial charge in [-0.2, -0.15) is 5.10 Å². The molecule has 0 aliphatic rings. The Labute approximate surface area is 201 Å². The molecule has 0 aliphatic heterocycles. The molecule has 11 heteroatoms. The normalized spacial score (nSPS) is 11.2. The Morgan fingerprint density at radius 2 is 1.79 bits per heavy atom. The number of rotatable bonds is 9. The van der Waals surface area contributed by atoms with Crippen LogP contribution in [-0.4, -0.2) is 45.3 Å². The minimum atomic E-state index is -4.16. The lowest BCUT2D eigenvalue weighted by Crippen LogP contribution is -2.39. The second-order valence-corrected chi connectivity index (χ2v) is 9.15. The van der Waals surface area contributed by atoms with Gasteiger partial charge in [0.05, 0.1) is 29.5 Å². The molecule has 9 nitrogen and oxygen atoms in total. The molecule has 3 rings (SSSR count). The van der Waals surface area contributed by atoms with E-state index in [1.807, 2.05) is 0 Å². The molecular weight excluding hydrogens is 482 g/mol. The van der Waals surface area contributed by atoms with Crippen molar-refractivity contribution < 1.29 is 27.9 Å². The summed E-state index contributed by atoms with van der Waals surface area (Å²) in [6, 6.07) is 17.9. The van der Waals surface area contributed by atoms with E-state index in [2.05, 4.69) is 10.5 Å². The summed E-state index contributed by atoms with van der Waals surface area (Å²) in [4.78, 5) is 23.8. The minimum Gasteiger partial charge on any atom is -0.497 e. The average molecular weight is 502 g/mol. The Hall–Kier alpha value is -3.89. The first kappa shape index (κ1) is 24.7. The number of anilines is 1. The first-order chi connectivity index (χ1) is 16.2. The number of aromatic carboxylic acids is 1. The third-order valence-corrected chi connectivity index (χ3v) is 6.64. The van der Waals surface area contributed by atoms with Crippen LogP contribution < -0.4 is 14.5 Å². The molecule has 0 atom stereocenters. The average Bonchev–Trinajstić information content (AvgIpc) is 2.82. The number of halogens is 1. The summed E-state index contributed by atoms with van der Waals surface area (Å²) in [6.07, 6.45) is 1.17. The van der Waals surface area contributed by atoms with Crippen molar-refractivity contribution in [2.24, 2.45) is 5.10 Å². The number of carboxylic acids is 1. The van der Waals surface area contributed by atoms with E-state index < -0.39 is 28.4 Å². The molecule has 2 N–H and O–H groups in total. The lowest BCUT2D eigenvalue weighted by atomic mass is 10.1. The van der Waals surface area contributed by atoms with Crippen molar-refractivity contribution in [3.63, 3.8) is 0 Å². The number of nitrogens with zero attached hydrogens (tertiary/aromatic N) is 2. The van der Waals surface area contributed by atoms with E-state index >= 15 is 0 Å². The van der Waals surface area contributed by atoms with E-state index in [0.29, 0.717) is 5.75 Å². The van der Waals surface area contributed by atoms with Crippen LogP contribution in [0.15, 0.2) is 82.8 Å². The highest BCUT2D eigenvalue weighted by Gasteiger charge is 2.27. The van der Waals surface area contributed by atoms with Crippen LogP contribution in [0.2, 0.25) is 5.02 Å². The van der Waals surface area contributed by atoms with Crippen LogP contribution in [-0.2, 0) is 14.8 Å². The number of methoxy groups -OCH3 is 1. The van der Waals surface area contributed by atoms with Gasteiger partial charge in [0.25, 0.3) is 15.9 Å². The van der Waals surface area contributed by atoms with Crippen LogP contribution in [0, 0.1) is 0 Å². The summed E-state index contributed by atoms with van der Waals surface area (Å²) in [5.74, 6) is -1.42. The zero-order valence-electron chi connectivity index (χ0n) is 17.9. The first-order valence-electron chi connectivity index (χ1n) is 9.79. The van der Waals surface area contributed by atoms with E-state index in [9.17, 15) is 23.1 Å². The second kappa shape index (κ2) is 10.8. The zero-order chi connectivity index (χ0) is 24.7. The topological polar surface area (TPSA) is 125 Å². The molecule has 3 aromatic carbocycles. The Kier molecular flexibility index (Phi) is 7.87. The molecule has 0 aliphatic carbocycles. The largest absolute Gasteiger partial charge is 0.497 e. The van der Waals surface area contributed by atoms with Crippen LogP contribution in [0.1, 0.15) is 15.9 Å². The van der Waals surface area contributed by atoms with Gasteiger partial charge in [0.1, 0.15) is 12.3 Å². The SMILES string of the molecule is COc1ccc(S(=O)(=O)N(CC(=O)N/N=C\c2ccccc2C(=O)O)c2cccc(Cl)c2)cc1. The van der Waals surface area contributed by atoms with Crippen molar-refractivity contribution in [1.82, 2.24) is 5.43 Å². The van der Waals surface area contributed by atoms with Crippen molar-refractivity contribution >= 4 is 45.4 Å². The molecule has 176 valence electrons. The van der Waals surface area contributed by atoms with Gasteiger partial charge in [-0.15, -0.1) is 0 Å². The molecule has 0 fully saturated rings. The predicted octanol–water partition coefficient (Wildman–Crippen LogP) is 3.39. The lowest BCUT2D eigenvalue weighted by Gasteiger charge is -2.24. The van der Waals surface area contributed by atoms with Crippen molar-refractivity contribution in [3.05, 3.63) is 88.9 Å². The molecule has 0 radical (unpaired) electrons. The maximum Gasteiger partial charge on any atom is 0.336 e. The summed E-state index contributed by atoms with van der Waals surface area (Å²) in [5, 5.41) is 13.3. The number of sulfonamides is 1. The van der Waals surface area contributed by atoms with Crippen molar-refractivity contribution in [3.8, 4) is 5.75 Å². The van der Waals surface area contributed by atoms with Gasteiger partial charge in [0, 0.05) is 10.6 Å². The molecule has 0 saturated heterocycles. The fraction of sp³-hybridized carbons (Fsp3) is 0.0870. The second-order valence-electron chi connectivity index (χ2n) is 6.85. The summed E-state index contributed by atoms with van der Waals surface area (Å²) >= 11 is 6.04. The third-order valence-electron chi connectivity index (χ3n) is 4.61. The maximum absolute atomic E-state index is 13.4. The number of nitrogens with one attached hydrogen (secondary N) is 1. The summed E-state index contributed by atoms with van der Waals surface area (Å²) in [5.41, 5.74) is 2.69. The van der Waals surface area contributed by atoms with Crippen LogP contribution >= 0.6 is 11.6 Å². The first-order valence-corrected chi connectivity index (χ1v) is 11.6. The molecule has 0 unspecified atom stereocenters. The molecule has 3 aromatic rings. The standard InChI is InChI=1S/C23H20ClN3O6S/c1-33-19-9-11-20(12-10-19)34(31,32)27(18-7-4-6-17(24)13-18)15-22(28)26-25-14-16-5-2-3-8-21(16)23(29)30/h2-14H,15H2,1H3,(H,26,28)(H,29,30)/b25-14-. The summed E-state index contributed by atoms with van der Waals surface area (Å²) in [7, 11) is -2.70. The molecular formula is C23H20ClN3O6S. The lowest BCUT2D eigenvalue weighted by molar-refractivity contribution is -0.119. The van der Waals surface area contributed by atoms with Gasteiger partial charge < -0.3 is 9.84 Å². The molecule has 0 saturated carbocycles. The van der Waals surface area contributed by atoms with Crippen LogP contribution in [0.3, 0.4) is 0 Å². The summed E-state index contributed by atoms with van der Waals surface area (Å²) < 4.78 is 32.7. The highest BCUT2D eigenvalue weighted by molar-refractivity contribution is 7.92. The number of benzene rings is 3. The summed E-state index contributed by atoms with van der Waals surface area (Å²) in [6.45, 7) is -0.605. The van der Waals surface area contributed by atoms with Gasteiger partial charge in [0.15, 0.2) is 0 Å². The number of carbonyl (C=O) groups is 2. The van der Waals surface area contributed by atoms with Gasteiger partial charge in [-0.3, -0.25) is 9.10 Å². The third kappa shape index (κ3) is 5.91. The minimum absolute atomic E-state index is 0.00290. The van der Waals surface area contributed by atoms with E-state index in [1.54, 1.807) is 24.3 Å². The van der Waals surface area contributed by atoms with Crippen molar-refractivity contribution in [2.75, 3.05) is 18.0 Å². The molecule has 0 heterocycles. The molecule has 34 heavy (non-hydrogen) atoms. The number of carboxylic acid groups (broad SMARTS) is 1. The number of hydrazone groups is 1. The number of carbonyl (C=O) groups excluding carboxylic acids is 1. The number of ether oxygens (including phenoxy) is 1. The number of hydrogen-bond donors (Lipinski definition) is 2. The quantitative estimate of drug-likeness (QED) is 0.342. The van der Waals surface area contributed by atoms with E-state index in [0.717, 1.165) is 4.31 Å². The fourth-order valence-corrected chi connectivity index (χ4v) is 4.56. The predicted molar refractivity (Wildman–Crippen MR) is 128 cm³/mol. The molecule has 0 aromatic heterocycles. The number of amides is 1. The van der Waals surface area contributed by atoms with Gasteiger partial charge in [-0.05, 0) is 48.5 Å². The Balaban J connectivity index is 1.86. The van der Waals surface area contributed by atoms with Gasteiger partial charge in [-0.1, -0.05) is 35.9 Å². The van der Waals surface area contributed by atoms with E-state index in [1.165, 1.54) is 61.9 Å². The zero-order valence-corrected chi connectivity index (χ0v) is 19.5. The monoisotopic (exact) mass is 501 g/mol. The Morgan fingerprint density at radius 1 is 1.09 bits per heavy atom. The van der Waals surface area contributed by atoms with Gasteiger partial charge in [0.2, 0.25) is 0 Å². The molecule has 0 bridgehead atoms. The Bertz CT molecular complexity index is 1330. The highest BCUT2D eigenvalue weighted by atomic mass is 35.5. The van der Waals surface area contributed by atoms with Crippen molar-refractivity contribution in [1.29, 1.82) is 0 Å². The van der Waals surface area contributed by atoms with Crippen LogP contribution in [0.4, 0.5) is 5.69 Å². The Morgan fingerprint density at radius 3 is 2.44 bits per heavy atom. The fourth-order valence-electron chi connectivity index (χ4n) is 2.97. The van der Waals surface area contributed by atoms with Crippen molar-refractivity contribution in [2.45, 2.75) is 4.90 Å². The van der Waals surface area contributed by atoms with E-state index in [-0.39, 0.29) is 26.7 Å². The van der Waals surface area contributed by atoms with Crippen LogP contribution in [0.25, 0.3) is 0 Å².